The Hall–Kier alpha value is -2.28. The van der Waals surface area contributed by atoms with Gasteiger partial charge in [-0.3, -0.25) is 9.89 Å². The number of aromatic nitrogens is 3. The van der Waals surface area contributed by atoms with Gasteiger partial charge in [0.05, 0.1) is 5.69 Å². The molecule has 4 N–H and O–H groups in total. The van der Waals surface area contributed by atoms with Crippen LogP contribution in [0, 0.1) is 0 Å². The molecular weight excluding hydrogens is 262 g/mol. The number of benzene rings is 1. The summed E-state index contributed by atoms with van der Waals surface area (Å²) in [6, 6.07) is 7.51. The van der Waals surface area contributed by atoms with E-state index in [9.17, 15) is 4.79 Å². The molecule has 0 atom stereocenters. The second-order valence-corrected chi connectivity index (χ2v) is 4.65. The summed E-state index contributed by atoms with van der Waals surface area (Å²) in [4.78, 5) is 16.7. The van der Waals surface area contributed by atoms with E-state index in [2.05, 4.69) is 27.1 Å². The third-order valence-electron chi connectivity index (χ3n) is 2.21. The molecule has 0 radical (unpaired) electrons. The molecule has 1 aromatic heterocycles. The van der Waals surface area contributed by atoms with Gasteiger partial charge in [0.15, 0.2) is 0 Å². The number of aromatic amines is 1. The Kier molecular flexibility index (Phi) is 4.19. The van der Waals surface area contributed by atoms with Crippen LogP contribution in [-0.4, -0.2) is 26.8 Å². The Bertz CT molecular complexity index is 595. The number of hydrogen-bond acceptors (Lipinski definition) is 5. The number of thioether (sulfide) groups is 1. The summed E-state index contributed by atoms with van der Waals surface area (Å²) in [5, 5.41) is 8.85. The normalized spacial score (nSPS) is 10.1. The van der Waals surface area contributed by atoms with Crippen molar-refractivity contribution in [2.75, 3.05) is 16.8 Å². The number of nitrogens with zero attached hydrogens (tertiary/aromatic N) is 2. The fraction of sp³-hybridized carbons (Fsp3) is 0.0833. The minimum atomic E-state index is -0.379. The highest BCUT2D eigenvalue weighted by Crippen LogP contribution is 2.27. The number of amides is 1. The highest BCUT2D eigenvalue weighted by atomic mass is 32.2. The van der Waals surface area contributed by atoms with Crippen molar-refractivity contribution in [1.29, 1.82) is 0 Å². The van der Waals surface area contributed by atoms with Gasteiger partial charge in [0, 0.05) is 10.6 Å². The maximum Gasteiger partial charge on any atom is 0.293 e. The topological polar surface area (TPSA) is 96.7 Å². The zero-order valence-corrected chi connectivity index (χ0v) is 10.9. The lowest BCUT2D eigenvalue weighted by Gasteiger charge is -2.08. The fourth-order valence-electron chi connectivity index (χ4n) is 1.40. The molecule has 2 rings (SSSR count). The first-order chi connectivity index (χ1) is 9.20. The summed E-state index contributed by atoms with van der Waals surface area (Å²) >= 11 is 1.59. The van der Waals surface area contributed by atoms with Crippen molar-refractivity contribution in [2.24, 2.45) is 0 Å². The Morgan fingerprint density at radius 1 is 1.53 bits per heavy atom. The van der Waals surface area contributed by atoms with Crippen LogP contribution < -0.4 is 11.1 Å². The van der Waals surface area contributed by atoms with Gasteiger partial charge in [0.25, 0.3) is 5.91 Å². The van der Waals surface area contributed by atoms with E-state index in [0.29, 0.717) is 5.69 Å². The molecule has 1 heterocycles. The van der Waals surface area contributed by atoms with Gasteiger partial charge < -0.3 is 11.1 Å². The fourth-order valence-corrected chi connectivity index (χ4v) is 2.15. The van der Waals surface area contributed by atoms with Crippen LogP contribution in [0.5, 0.6) is 0 Å². The predicted molar refractivity (Wildman–Crippen MR) is 76.1 cm³/mol. The molecule has 0 fully saturated rings. The number of nitrogen functional groups attached to an aromatic ring is 1. The number of carbonyl (C=O) groups is 1. The Labute approximate surface area is 114 Å². The van der Waals surface area contributed by atoms with Crippen molar-refractivity contribution in [3.63, 3.8) is 0 Å². The van der Waals surface area contributed by atoms with Gasteiger partial charge in [-0.15, -0.1) is 23.4 Å². The summed E-state index contributed by atoms with van der Waals surface area (Å²) in [5.41, 5.74) is 6.07. The quantitative estimate of drug-likeness (QED) is 0.572. The molecule has 7 heteroatoms. The Morgan fingerprint density at radius 3 is 3.00 bits per heavy atom. The number of nitrogens with two attached hydrogens (primary N) is 1. The summed E-state index contributed by atoms with van der Waals surface area (Å²) in [7, 11) is 0. The number of rotatable bonds is 5. The van der Waals surface area contributed by atoms with Crippen LogP contribution in [0.3, 0.4) is 0 Å². The van der Waals surface area contributed by atoms with Gasteiger partial charge in [-0.05, 0) is 12.1 Å². The predicted octanol–water partition coefficient (Wildman–Crippen LogP) is 1.92. The zero-order chi connectivity index (χ0) is 13.7. The number of carbonyl (C=O) groups excluding carboxylic acids is 1. The molecule has 2 aromatic rings. The minimum Gasteiger partial charge on any atom is -0.366 e. The van der Waals surface area contributed by atoms with Crippen LogP contribution in [-0.2, 0) is 0 Å². The smallest absolute Gasteiger partial charge is 0.293 e. The van der Waals surface area contributed by atoms with Crippen molar-refractivity contribution in [1.82, 2.24) is 15.2 Å². The van der Waals surface area contributed by atoms with Crippen molar-refractivity contribution in [2.45, 2.75) is 4.90 Å². The molecule has 1 aromatic carbocycles. The SMILES string of the molecule is C=CCSc1ccccc1NC(=O)c1nc(N)n[nH]1. The first kappa shape index (κ1) is 13.2. The van der Waals surface area contributed by atoms with Crippen molar-refractivity contribution >= 4 is 29.3 Å². The van der Waals surface area contributed by atoms with Crippen molar-refractivity contribution in [3.05, 3.63) is 42.7 Å². The third-order valence-corrected chi connectivity index (χ3v) is 3.28. The molecule has 0 aliphatic heterocycles. The lowest BCUT2D eigenvalue weighted by atomic mass is 10.3. The second kappa shape index (κ2) is 6.05. The van der Waals surface area contributed by atoms with Crippen LogP contribution in [0.4, 0.5) is 11.6 Å². The molecule has 6 nitrogen and oxygen atoms in total. The van der Waals surface area contributed by atoms with Crippen LogP contribution in [0.2, 0.25) is 0 Å². The molecule has 0 saturated carbocycles. The first-order valence-electron chi connectivity index (χ1n) is 5.52. The van der Waals surface area contributed by atoms with E-state index in [1.807, 2.05) is 24.3 Å². The van der Waals surface area contributed by atoms with Crippen LogP contribution in [0.1, 0.15) is 10.6 Å². The van der Waals surface area contributed by atoms with Gasteiger partial charge in [0.2, 0.25) is 11.8 Å². The maximum atomic E-state index is 11.9. The van der Waals surface area contributed by atoms with E-state index in [-0.39, 0.29) is 17.7 Å². The summed E-state index contributed by atoms with van der Waals surface area (Å²) in [6.07, 6.45) is 1.81. The summed E-state index contributed by atoms with van der Waals surface area (Å²) in [6.45, 7) is 3.67. The van der Waals surface area contributed by atoms with Crippen molar-refractivity contribution in [3.8, 4) is 0 Å². The van der Waals surface area contributed by atoms with Gasteiger partial charge in [0.1, 0.15) is 0 Å². The number of hydrogen-bond donors (Lipinski definition) is 3. The molecule has 0 unspecified atom stereocenters. The van der Waals surface area contributed by atoms with Gasteiger partial charge >= 0.3 is 0 Å². The summed E-state index contributed by atoms with van der Waals surface area (Å²) < 4.78 is 0. The molecule has 19 heavy (non-hydrogen) atoms. The van der Waals surface area contributed by atoms with Crippen molar-refractivity contribution < 1.29 is 4.79 Å². The van der Waals surface area contributed by atoms with Crippen LogP contribution in [0.15, 0.2) is 41.8 Å². The zero-order valence-electron chi connectivity index (χ0n) is 10.1. The van der Waals surface area contributed by atoms with Gasteiger partial charge in [-0.1, -0.05) is 18.2 Å². The lowest BCUT2D eigenvalue weighted by molar-refractivity contribution is 0.101. The minimum absolute atomic E-state index is 0.0412. The average molecular weight is 275 g/mol. The molecule has 0 aliphatic rings. The molecule has 98 valence electrons. The molecule has 0 saturated heterocycles. The highest BCUT2D eigenvalue weighted by Gasteiger charge is 2.12. The molecule has 0 aliphatic carbocycles. The number of anilines is 2. The lowest BCUT2D eigenvalue weighted by Crippen LogP contribution is -2.14. The van der Waals surface area contributed by atoms with E-state index in [0.717, 1.165) is 10.6 Å². The standard InChI is InChI=1S/C12H13N5OS/c1-2-7-19-9-6-4-3-5-8(9)14-11(18)10-15-12(13)17-16-10/h2-6H,1,7H2,(H,14,18)(H3,13,15,16,17). The van der Waals surface area contributed by atoms with E-state index in [1.165, 1.54) is 0 Å². The third kappa shape index (κ3) is 3.35. The Morgan fingerprint density at radius 2 is 2.32 bits per heavy atom. The van der Waals surface area contributed by atoms with E-state index >= 15 is 0 Å². The van der Waals surface area contributed by atoms with Gasteiger partial charge in [-0.2, -0.15) is 4.98 Å². The molecular formula is C12H13N5OS. The number of H-pyrrole nitrogens is 1. The number of para-hydroxylation sites is 1. The first-order valence-corrected chi connectivity index (χ1v) is 6.51. The maximum absolute atomic E-state index is 11.9. The molecule has 0 bridgehead atoms. The van der Waals surface area contributed by atoms with Crippen LogP contribution >= 0.6 is 11.8 Å². The van der Waals surface area contributed by atoms with Crippen LogP contribution in [0.25, 0.3) is 0 Å². The largest absolute Gasteiger partial charge is 0.366 e. The van der Waals surface area contributed by atoms with E-state index < -0.39 is 0 Å². The summed E-state index contributed by atoms with van der Waals surface area (Å²) in [5.74, 6) is 0.513. The average Bonchev–Trinajstić information content (AvgIpc) is 2.84. The highest BCUT2D eigenvalue weighted by molar-refractivity contribution is 7.99. The number of nitrogens with one attached hydrogen (secondary N) is 2. The monoisotopic (exact) mass is 275 g/mol. The van der Waals surface area contributed by atoms with E-state index in [1.54, 1.807) is 17.8 Å². The molecule has 0 spiro atoms. The van der Waals surface area contributed by atoms with Gasteiger partial charge in [-0.25, -0.2) is 0 Å². The van der Waals surface area contributed by atoms with E-state index in [4.69, 9.17) is 5.73 Å². The molecule has 1 amide bonds. The Balaban J connectivity index is 2.14. The second-order valence-electron chi connectivity index (χ2n) is 3.59.